The van der Waals surface area contributed by atoms with Crippen LogP contribution in [-0.2, 0) is 16.1 Å². The lowest BCUT2D eigenvalue weighted by atomic mass is 10.1. The standard InChI is InChI=1S/C15H20ClNO4/c1-10(15(18)19-3)8-17(2)9-11-6-12(16)14-13(7-11)20-4-5-21-14/h6-7,10H,4-5,8-9H2,1-3H3. The van der Waals surface area contributed by atoms with Crippen LogP contribution in [0.25, 0.3) is 0 Å². The summed E-state index contributed by atoms with van der Waals surface area (Å²) >= 11 is 6.21. The van der Waals surface area contributed by atoms with Gasteiger partial charge in [-0.2, -0.15) is 0 Å². The normalized spacial score (nSPS) is 14.9. The predicted octanol–water partition coefficient (Wildman–Crippen LogP) is 2.35. The molecule has 0 saturated heterocycles. The number of halogens is 1. The average Bonchev–Trinajstić information content (AvgIpc) is 2.46. The van der Waals surface area contributed by atoms with Gasteiger partial charge in [0.2, 0.25) is 0 Å². The zero-order valence-electron chi connectivity index (χ0n) is 12.5. The molecule has 0 aliphatic carbocycles. The third kappa shape index (κ3) is 4.02. The highest BCUT2D eigenvalue weighted by molar-refractivity contribution is 6.32. The van der Waals surface area contributed by atoms with E-state index in [0.717, 1.165) is 5.56 Å². The number of hydrogen-bond donors (Lipinski definition) is 0. The quantitative estimate of drug-likeness (QED) is 0.781. The molecule has 1 unspecified atom stereocenters. The molecule has 1 atom stereocenters. The number of carbonyl (C=O) groups is 1. The van der Waals surface area contributed by atoms with Crippen LogP contribution < -0.4 is 9.47 Å². The van der Waals surface area contributed by atoms with Crippen molar-refractivity contribution >= 4 is 17.6 Å². The first-order valence-electron chi connectivity index (χ1n) is 6.85. The molecule has 116 valence electrons. The maximum absolute atomic E-state index is 11.4. The van der Waals surface area contributed by atoms with E-state index in [0.29, 0.717) is 42.8 Å². The first kappa shape index (κ1) is 15.9. The van der Waals surface area contributed by atoms with Crippen LogP contribution in [0.15, 0.2) is 12.1 Å². The van der Waals surface area contributed by atoms with Gasteiger partial charge in [-0.05, 0) is 24.7 Å². The highest BCUT2D eigenvalue weighted by Gasteiger charge is 2.19. The molecule has 21 heavy (non-hydrogen) atoms. The molecule has 0 amide bonds. The number of carbonyl (C=O) groups excluding carboxylic acids is 1. The third-order valence-electron chi connectivity index (χ3n) is 3.30. The van der Waals surface area contributed by atoms with Gasteiger partial charge < -0.3 is 19.1 Å². The molecule has 1 aromatic rings. The van der Waals surface area contributed by atoms with Crippen molar-refractivity contribution in [3.05, 3.63) is 22.7 Å². The monoisotopic (exact) mass is 313 g/mol. The van der Waals surface area contributed by atoms with Gasteiger partial charge in [-0.25, -0.2) is 0 Å². The van der Waals surface area contributed by atoms with Gasteiger partial charge in [0.05, 0.1) is 18.1 Å². The minimum atomic E-state index is -0.206. The molecule has 0 bridgehead atoms. The molecule has 0 fully saturated rings. The number of methoxy groups -OCH3 is 1. The van der Waals surface area contributed by atoms with E-state index >= 15 is 0 Å². The van der Waals surface area contributed by atoms with Crippen LogP contribution in [0.2, 0.25) is 5.02 Å². The molecule has 1 aromatic carbocycles. The summed E-state index contributed by atoms with van der Waals surface area (Å²) in [4.78, 5) is 13.5. The topological polar surface area (TPSA) is 48.0 Å². The van der Waals surface area contributed by atoms with E-state index in [1.165, 1.54) is 7.11 Å². The zero-order chi connectivity index (χ0) is 15.4. The van der Waals surface area contributed by atoms with E-state index in [2.05, 4.69) is 0 Å². The van der Waals surface area contributed by atoms with Gasteiger partial charge in [0.15, 0.2) is 11.5 Å². The summed E-state index contributed by atoms with van der Waals surface area (Å²) in [6.45, 7) is 4.17. The van der Waals surface area contributed by atoms with Crippen molar-refractivity contribution in [2.75, 3.05) is 33.9 Å². The molecule has 1 heterocycles. The van der Waals surface area contributed by atoms with E-state index < -0.39 is 0 Å². The van der Waals surface area contributed by atoms with Crippen LogP contribution >= 0.6 is 11.6 Å². The van der Waals surface area contributed by atoms with Crippen molar-refractivity contribution in [2.45, 2.75) is 13.5 Å². The Bertz CT molecular complexity index is 521. The molecule has 1 aliphatic rings. The molecule has 0 radical (unpaired) electrons. The van der Waals surface area contributed by atoms with Crippen molar-refractivity contribution in [1.82, 2.24) is 4.90 Å². The molecule has 2 rings (SSSR count). The Balaban J connectivity index is 2.02. The Kier molecular flexibility index (Phi) is 5.31. The van der Waals surface area contributed by atoms with Crippen molar-refractivity contribution in [3.63, 3.8) is 0 Å². The molecular weight excluding hydrogens is 294 g/mol. The van der Waals surface area contributed by atoms with E-state index in [4.69, 9.17) is 25.8 Å². The summed E-state index contributed by atoms with van der Waals surface area (Å²) in [5.41, 5.74) is 1.02. The smallest absolute Gasteiger partial charge is 0.309 e. The van der Waals surface area contributed by atoms with Gasteiger partial charge in [-0.1, -0.05) is 18.5 Å². The lowest BCUT2D eigenvalue weighted by Crippen LogP contribution is -2.29. The average molecular weight is 314 g/mol. The van der Waals surface area contributed by atoms with E-state index in [-0.39, 0.29) is 11.9 Å². The van der Waals surface area contributed by atoms with Gasteiger partial charge in [0.25, 0.3) is 0 Å². The van der Waals surface area contributed by atoms with Gasteiger partial charge in [-0.3, -0.25) is 4.79 Å². The zero-order valence-corrected chi connectivity index (χ0v) is 13.3. The molecule has 1 aliphatic heterocycles. The molecule has 0 N–H and O–H groups in total. The van der Waals surface area contributed by atoms with E-state index in [9.17, 15) is 4.79 Å². The molecule has 6 heteroatoms. The molecule has 0 saturated carbocycles. The summed E-state index contributed by atoms with van der Waals surface area (Å²) in [5.74, 6) is 0.908. The second kappa shape index (κ2) is 7.00. The predicted molar refractivity (Wildman–Crippen MR) is 80.0 cm³/mol. The number of benzene rings is 1. The number of rotatable bonds is 5. The Morgan fingerprint density at radius 2 is 2.14 bits per heavy atom. The van der Waals surface area contributed by atoms with E-state index in [1.54, 1.807) is 0 Å². The van der Waals surface area contributed by atoms with Gasteiger partial charge in [-0.15, -0.1) is 0 Å². The summed E-state index contributed by atoms with van der Waals surface area (Å²) in [5, 5.41) is 0.552. The van der Waals surface area contributed by atoms with Crippen LogP contribution in [0.4, 0.5) is 0 Å². The number of ether oxygens (including phenoxy) is 3. The summed E-state index contributed by atoms with van der Waals surface area (Å²) < 4.78 is 15.8. The Morgan fingerprint density at radius 3 is 2.86 bits per heavy atom. The number of esters is 1. The second-order valence-corrected chi connectivity index (χ2v) is 5.63. The van der Waals surface area contributed by atoms with Crippen LogP contribution in [0, 0.1) is 5.92 Å². The van der Waals surface area contributed by atoms with Crippen molar-refractivity contribution in [2.24, 2.45) is 5.92 Å². The summed E-state index contributed by atoms with van der Waals surface area (Å²) in [6, 6.07) is 3.80. The fraction of sp³-hybridized carbons (Fsp3) is 0.533. The van der Waals surface area contributed by atoms with Crippen molar-refractivity contribution < 1.29 is 19.0 Å². The van der Waals surface area contributed by atoms with Crippen molar-refractivity contribution in [1.29, 1.82) is 0 Å². The van der Waals surface area contributed by atoms with E-state index in [1.807, 2.05) is 31.0 Å². The molecule has 0 spiro atoms. The number of nitrogens with zero attached hydrogens (tertiary/aromatic N) is 1. The molecular formula is C15H20ClNO4. The maximum atomic E-state index is 11.4. The minimum Gasteiger partial charge on any atom is -0.486 e. The van der Waals surface area contributed by atoms with Gasteiger partial charge >= 0.3 is 5.97 Å². The Labute approximate surface area is 129 Å². The third-order valence-corrected chi connectivity index (χ3v) is 3.58. The SMILES string of the molecule is COC(=O)C(C)CN(C)Cc1cc(Cl)c2c(c1)OCCO2. The molecule has 0 aromatic heterocycles. The highest BCUT2D eigenvalue weighted by Crippen LogP contribution is 2.38. The fourth-order valence-electron chi connectivity index (χ4n) is 2.37. The summed E-state index contributed by atoms with van der Waals surface area (Å²) in [7, 11) is 3.35. The number of fused-ring (bicyclic) bond motifs is 1. The fourth-order valence-corrected chi connectivity index (χ4v) is 2.66. The van der Waals surface area contributed by atoms with Gasteiger partial charge in [0, 0.05) is 13.1 Å². The molecule has 5 nitrogen and oxygen atoms in total. The first-order chi connectivity index (χ1) is 10.0. The lowest BCUT2D eigenvalue weighted by Gasteiger charge is -2.23. The second-order valence-electron chi connectivity index (χ2n) is 5.22. The van der Waals surface area contributed by atoms with Crippen LogP contribution in [0.5, 0.6) is 11.5 Å². The largest absolute Gasteiger partial charge is 0.486 e. The van der Waals surface area contributed by atoms with Crippen LogP contribution in [0.3, 0.4) is 0 Å². The number of hydrogen-bond acceptors (Lipinski definition) is 5. The minimum absolute atomic E-state index is 0.173. The van der Waals surface area contributed by atoms with Gasteiger partial charge in [0.1, 0.15) is 13.2 Å². The van der Waals surface area contributed by atoms with Crippen LogP contribution in [-0.4, -0.2) is 44.8 Å². The Hall–Kier alpha value is -1.46. The Morgan fingerprint density at radius 1 is 1.43 bits per heavy atom. The van der Waals surface area contributed by atoms with Crippen LogP contribution in [0.1, 0.15) is 12.5 Å². The maximum Gasteiger partial charge on any atom is 0.309 e. The first-order valence-corrected chi connectivity index (χ1v) is 7.23. The lowest BCUT2D eigenvalue weighted by molar-refractivity contribution is -0.145. The highest BCUT2D eigenvalue weighted by atomic mass is 35.5. The summed E-state index contributed by atoms with van der Waals surface area (Å²) in [6.07, 6.45) is 0. The van der Waals surface area contributed by atoms with Crippen molar-refractivity contribution in [3.8, 4) is 11.5 Å².